The molecule has 0 fully saturated rings. The van der Waals surface area contributed by atoms with Crippen molar-refractivity contribution in [2.45, 2.75) is 26.3 Å². The van der Waals surface area contributed by atoms with Gasteiger partial charge in [0.2, 0.25) is 16.9 Å². The number of rotatable bonds is 5. The summed E-state index contributed by atoms with van der Waals surface area (Å²) in [5, 5.41) is 13.3. The van der Waals surface area contributed by atoms with E-state index in [2.05, 4.69) is 20.8 Å². The number of nitrogens with zero attached hydrogens (tertiary/aromatic N) is 2. The van der Waals surface area contributed by atoms with Gasteiger partial charge in [0.05, 0.1) is 12.5 Å². The van der Waals surface area contributed by atoms with E-state index in [1.165, 1.54) is 18.3 Å². The Balaban J connectivity index is 2.07. The first-order valence-corrected chi connectivity index (χ1v) is 7.32. The highest BCUT2D eigenvalue weighted by molar-refractivity contribution is 7.13. The van der Waals surface area contributed by atoms with Crippen LogP contribution in [0.25, 0.3) is 0 Å². The Morgan fingerprint density at radius 1 is 1.29 bits per heavy atom. The molecule has 1 heterocycles. The predicted octanol–water partition coefficient (Wildman–Crippen LogP) is 2.05. The lowest BCUT2D eigenvalue weighted by atomic mass is 10.0. The number of aryl methyl sites for hydroxylation is 1. The van der Waals surface area contributed by atoms with Gasteiger partial charge in [0.25, 0.3) is 0 Å². The minimum absolute atomic E-state index is 0.141. The number of carbonyl (C=O) groups excluding carboxylic acids is 2. The van der Waals surface area contributed by atoms with Crippen molar-refractivity contribution in [3.63, 3.8) is 0 Å². The molecular formula is C14H16N4O2S. The highest BCUT2D eigenvalue weighted by atomic mass is 32.1. The molecule has 1 aromatic heterocycles. The molecule has 1 aromatic carbocycles. The van der Waals surface area contributed by atoms with E-state index in [4.69, 9.17) is 0 Å². The minimum Gasteiger partial charge on any atom is -0.349 e. The van der Waals surface area contributed by atoms with Crippen molar-refractivity contribution in [1.82, 2.24) is 15.5 Å². The lowest BCUT2D eigenvalue weighted by molar-refractivity contribution is -0.120. The van der Waals surface area contributed by atoms with Crippen LogP contribution < -0.4 is 10.6 Å². The number of hydrogen-bond donors (Lipinski definition) is 2. The van der Waals surface area contributed by atoms with E-state index in [-0.39, 0.29) is 24.3 Å². The zero-order valence-electron chi connectivity index (χ0n) is 11.8. The van der Waals surface area contributed by atoms with E-state index >= 15 is 0 Å². The molecule has 1 atom stereocenters. The highest BCUT2D eigenvalue weighted by Crippen LogP contribution is 2.19. The van der Waals surface area contributed by atoms with Gasteiger partial charge < -0.3 is 10.6 Å². The molecule has 2 aromatic rings. The lowest BCUT2D eigenvalue weighted by Crippen LogP contribution is -2.29. The standard InChI is InChI=1S/C14H16N4O2S/c1-9-3-5-11(6-4-9)12(16-10(2)19)7-13(20)17-14-18-15-8-21-14/h3-6,8,12H,7H2,1-2H3,(H,16,19)(H,17,18,20)/t12-/m1/s1. The van der Waals surface area contributed by atoms with Crippen LogP contribution in [0.15, 0.2) is 29.8 Å². The smallest absolute Gasteiger partial charge is 0.228 e. The third-order valence-electron chi connectivity index (χ3n) is 2.85. The average Bonchev–Trinajstić information content (AvgIpc) is 2.91. The fourth-order valence-electron chi connectivity index (χ4n) is 1.88. The van der Waals surface area contributed by atoms with Crippen LogP contribution in [-0.2, 0) is 9.59 Å². The molecule has 0 aliphatic rings. The highest BCUT2D eigenvalue weighted by Gasteiger charge is 2.17. The average molecular weight is 304 g/mol. The monoisotopic (exact) mass is 304 g/mol. The van der Waals surface area contributed by atoms with Crippen LogP contribution in [0.4, 0.5) is 5.13 Å². The summed E-state index contributed by atoms with van der Waals surface area (Å²) in [6.07, 6.45) is 0.141. The van der Waals surface area contributed by atoms with Crippen molar-refractivity contribution in [3.8, 4) is 0 Å². The fraction of sp³-hybridized carbons (Fsp3) is 0.286. The van der Waals surface area contributed by atoms with Crippen LogP contribution in [0.5, 0.6) is 0 Å². The van der Waals surface area contributed by atoms with Gasteiger partial charge in [-0.15, -0.1) is 10.2 Å². The van der Waals surface area contributed by atoms with Crippen molar-refractivity contribution in [3.05, 3.63) is 40.9 Å². The molecular weight excluding hydrogens is 288 g/mol. The second kappa shape index (κ2) is 6.94. The van der Waals surface area contributed by atoms with Crippen molar-refractivity contribution < 1.29 is 9.59 Å². The van der Waals surface area contributed by atoms with Gasteiger partial charge in [-0.05, 0) is 12.5 Å². The zero-order valence-corrected chi connectivity index (χ0v) is 12.6. The molecule has 2 rings (SSSR count). The van der Waals surface area contributed by atoms with Crippen LogP contribution in [-0.4, -0.2) is 22.0 Å². The normalized spacial score (nSPS) is 11.7. The molecule has 0 aliphatic heterocycles. The Labute approximate surface area is 126 Å². The largest absolute Gasteiger partial charge is 0.349 e. The van der Waals surface area contributed by atoms with Gasteiger partial charge in [0.15, 0.2) is 0 Å². The van der Waals surface area contributed by atoms with Gasteiger partial charge in [-0.3, -0.25) is 9.59 Å². The van der Waals surface area contributed by atoms with E-state index in [1.54, 1.807) is 5.51 Å². The number of carbonyl (C=O) groups is 2. The number of benzene rings is 1. The van der Waals surface area contributed by atoms with Gasteiger partial charge in [0.1, 0.15) is 5.51 Å². The molecule has 6 nitrogen and oxygen atoms in total. The lowest BCUT2D eigenvalue weighted by Gasteiger charge is -2.17. The summed E-state index contributed by atoms with van der Waals surface area (Å²) in [5.74, 6) is -0.393. The molecule has 2 amide bonds. The van der Waals surface area contributed by atoms with Gasteiger partial charge in [-0.2, -0.15) is 0 Å². The van der Waals surface area contributed by atoms with E-state index in [0.717, 1.165) is 11.1 Å². The first-order valence-electron chi connectivity index (χ1n) is 6.44. The summed E-state index contributed by atoms with van der Waals surface area (Å²) >= 11 is 1.25. The fourth-order valence-corrected chi connectivity index (χ4v) is 2.34. The van der Waals surface area contributed by atoms with Crippen LogP contribution in [0, 0.1) is 6.92 Å². The maximum atomic E-state index is 12.0. The number of nitrogens with one attached hydrogen (secondary N) is 2. The summed E-state index contributed by atoms with van der Waals surface area (Å²) in [5.41, 5.74) is 3.56. The van der Waals surface area contributed by atoms with Crippen LogP contribution in [0.1, 0.15) is 30.5 Å². The Morgan fingerprint density at radius 3 is 2.57 bits per heavy atom. The molecule has 21 heavy (non-hydrogen) atoms. The SMILES string of the molecule is CC(=O)N[C@H](CC(=O)Nc1nncs1)c1ccc(C)cc1. The molecule has 0 aliphatic carbocycles. The van der Waals surface area contributed by atoms with E-state index in [9.17, 15) is 9.59 Å². The van der Waals surface area contributed by atoms with Crippen LogP contribution in [0.3, 0.4) is 0 Å². The Kier molecular flexibility index (Phi) is 4.99. The molecule has 0 saturated carbocycles. The second-order valence-corrected chi connectivity index (χ2v) is 5.49. The summed E-state index contributed by atoms with van der Waals surface area (Å²) in [4.78, 5) is 23.3. The van der Waals surface area contributed by atoms with Crippen molar-refractivity contribution in [1.29, 1.82) is 0 Å². The minimum atomic E-state index is -0.365. The summed E-state index contributed by atoms with van der Waals surface area (Å²) in [6, 6.07) is 7.36. The molecule has 0 radical (unpaired) electrons. The first kappa shape index (κ1) is 15.1. The Bertz CT molecular complexity index is 610. The third-order valence-corrected chi connectivity index (χ3v) is 3.46. The van der Waals surface area contributed by atoms with Crippen LogP contribution >= 0.6 is 11.3 Å². The number of anilines is 1. The van der Waals surface area contributed by atoms with Gasteiger partial charge in [-0.25, -0.2) is 0 Å². The zero-order chi connectivity index (χ0) is 15.2. The van der Waals surface area contributed by atoms with Crippen LogP contribution in [0.2, 0.25) is 0 Å². The number of amides is 2. The quantitative estimate of drug-likeness (QED) is 0.885. The molecule has 0 bridgehead atoms. The van der Waals surface area contributed by atoms with Gasteiger partial charge in [0, 0.05) is 6.92 Å². The second-order valence-electron chi connectivity index (χ2n) is 4.66. The first-order chi connectivity index (χ1) is 10.0. The third kappa shape index (κ3) is 4.64. The van der Waals surface area contributed by atoms with E-state index in [0.29, 0.717) is 5.13 Å². The molecule has 2 N–H and O–H groups in total. The van der Waals surface area contributed by atoms with Gasteiger partial charge in [-0.1, -0.05) is 41.2 Å². The molecule has 0 unspecified atom stereocenters. The predicted molar refractivity (Wildman–Crippen MR) is 80.9 cm³/mol. The Hall–Kier alpha value is -2.28. The maximum Gasteiger partial charge on any atom is 0.228 e. The topological polar surface area (TPSA) is 84.0 Å². The number of hydrogen-bond acceptors (Lipinski definition) is 5. The van der Waals surface area contributed by atoms with Crippen molar-refractivity contribution in [2.75, 3.05) is 5.32 Å². The van der Waals surface area contributed by atoms with Gasteiger partial charge >= 0.3 is 0 Å². The van der Waals surface area contributed by atoms with E-state index in [1.807, 2.05) is 31.2 Å². The number of aromatic nitrogens is 2. The van der Waals surface area contributed by atoms with Crippen molar-refractivity contribution in [2.24, 2.45) is 0 Å². The Morgan fingerprint density at radius 2 is 2.00 bits per heavy atom. The maximum absolute atomic E-state index is 12.0. The molecule has 0 spiro atoms. The molecule has 110 valence electrons. The van der Waals surface area contributed by atoms with Crippen molar-refractivity contribution >= 4 is 28.3 Å². The molecule has 7 heteroatoms. The summed E-state index contributed by atoms with van der Waals surface area (Å²) in [6.45, 7) is 3.42. The summed E-state index contributed by atoms with van der Waals surface area (Å²) in [7, 11) is 0. The summed E-state index contributed by atoms with van der Waals surface area (Å²) < 4.78 is 0. The molecule has 0 saturated heterocycles. The van der Waals surface area contributed by atoms with E-state index < -0.39 is 0 Å².